The molecule has 26 heavy (non-hydrogen) atoms. The van der Waals surface area contributed by atoms with Crippen molar-refractivity contribution in [3.63, 3.8) is 0 Å². The number of fused-ring (bicyclic) bond motifs is 1. The first-order valence-electron chi connectivity index (χ1n) is 9.85. The zero-order chi connectivity index (χ0) is 19.5. The van der Waals surface area contributed by atoms with Crippen LogP contribution in [0.15, 0.2) is 0 Å². The number of rotatable bonds is 8. The molecule has 2 aliphatic rings. The second-order valence-corrected chi connectivity index (χ2v) is 18.1. The summed E-state index contributed by atoms with van der Waals surface area (Å²) >= 11 is 0. The first-order valence-corrected chi connectivity index (χ1v) is 16.7. The van der Waals surface area contributed by atoms with Crippen molar-refractivity contribution >= 4 is 23.8 Å². The van der Waals surface area contributed by atoms with Crippen molar-refractivity contribution in [2.24, 2.45) is 0 Å². The number of hydrogen-bond donors (Lipinski definition) is 0. The first kappa shape index (κ1) is 22.5. The van der Waals surface area contributed by atoms with Gasteiger partial charge in [0, 0.05) is 7.11 Å². The van der Waals surface area contributed by atoms with Gasteiger partial charge in [-0.3, -0.25) is 0 Å². The Bertz CT molecular complexity index is 442. The summed E-state index contributed by atoms with van der Waals surface area (Å²) in [6.45, 7) is 15.8. The van der Waals surface area contributed by atoms with Crippen LogP contribution in [0.4, 0.5) is 0 Å². The van der Waals surface area contributed by atoms with Crippen LogP contribution < -0.4 is 0 Å². The molecular formula is C17H37BO6Si2. The summed E-state index contributed by atoms with van der Waals surface area (Å²) in [5, 5.41) is 0. The zero-order valence-electron chi connectivity index (χ0n) is 17.7. The first-order chi connectivity index (χ1) is 12.0. The molecule has 2 heterocycles. The Kier molecular flexibility index (Phi) is 7.95. The summed E-state index contributed by atoms with van der Waals surface area (Å²) in [5.41, 5.74) is 0. The van der Waals surface area contributed by atoms with Gasteiger partial charge in [-0.25, -0.2) is 0 Å². The molecule has 0 aliphatic carbocycles. The highest BCUT2D eigenvalue weighted by Crippen LogP contribution is 2.35. The number of unbranched alkanes of at least 4 members (excludes halogenated alkanes) is 1. The van der Waals surface area contributed by atoms with Crippen molar-refractivity contribution in [2.75, 3.05) is 13.7 Å². The zero-order valence-corrected chi connectivity index (χ0v) is 19.7. The van der Waals surface area contributed by atoms with Crippen LogP contribution in [0.25, 0.3) is 0 Å². The van der Waals surface area contributed by atoms with Crippen LogP contribution in [-0.4, -0.2) is 68.2 Å². The van der Waals surface area contributed by atoms with Crippen LogP contribution in [0.3, 0.4) is 0 Å². The van der Waals surface area contributed by atoms with Crippen molar-refractivity contribution < 1.29 is 27.6 Å². The minimum absolute atomic E-state index is 0.190. The Balaban J connectivity index is 2.24. The van der Waals surface area contributed by atoms with Crippen molar-refractivity contribution in [2.45, 2.75) is 96.1 Å². The molecule has 2 fully saturated rings. The summed E-state index contributed by atoms with van der Waals surface area (Å²) in [6, 6.07) is 0. The van der Waals surface area contributed by atoms with E-state index in [4.69, 9.17) is 27.6 Å². The summed E-state index contributed by atoms with van der Waals surface area (Å²) < 4.78 is 37.0. The Morgan fingerprint density at radius 3 is 2.15 bits per heavy atom. The summed E-state index contributed by atoms with van der Waals surface area (Å²) in [7, 11) is -2.19. The largest absolute Gasteiger partial charge is 0.457 e. The normalized spacial score (nSPS) is 33.2. The van der Waals surface area contributed by atoms with Gasteiger partial charge >= 0.3 is 7.12 Å². The van der Waals surface area contributed by atoms with Crippen molar-refractivity contribution in [1.82, 2.24) is 0 Å². The van der Waals surface area contributed by atoms with E-state index in [1.165, 1.54) is 0 Å². The van der Waals surface area contributed by atoms with Gasteiger partial charge < -0.3 is 27.6 Å². The third kappa shape index (κ3) is 6.41. The van der Waals surface area contributed by atoms with E-state index in [-0.39, 0.29) is 31.5 Å². The van der Waals surface area contributed by atoms with E-state index in [0.29, 0.717) is 6.61 Å². The molecule has 152 valence electrons. The van der Waals surface area contributed by atoms with E-state index in [1.807, 2.05) is 0 Å². The molecule has 2 rings (SSSR count). The minimum Gasteiger partial charge on any atom is -0.409 e. The summed E-state index contributed by atoms with van der Waals surface area (Å²) in [5.74, 6) is 0. The predicted molar refractivity (Wildman–Crippen MR) is 108 cm³/mol. The van der Waals surface area contributed by atoms with E-state index in [1.54, 1.807) is 7.11 Å². The van der Waals surface area contributed by atoms with Gasteiger partial charge in [0.2, 0.25) is 0 Å². The van der Waals surface area contributed by atoms with Gasteiger partial charge in [-0.1, -0.05) is 19.8 Å². The van der Waals surface area contributed by atoms with Crippen LogP contribution in [0, 0.1) is 0 Å². The molecule has 2 saturated heterocycles. The average Bonchev–Trinajstić information content (AvgIpc) is 2.52. The maximum absolute atomic E-state index is 6.59. The monoisotopic (exact) mass is 404 g/mol. The van der Waals surface area contributed by atoms with Gasteiger partial charge in [-0.2, -0.15) is 0 Å². The van der Waals surface area contributed by atoms with Crippen LogP contribution in [-0.2, 0) is 27.6 Å². The lowest BCUT2D eigenvalue weighted by Gasteiger charge is -2.51. The van der Waals surface area contributed by atoms with Crippen molar-refractivity contribution in [3.8, 4) is 0 Å². The van der Waals surface area contributed by atoms with Crippen molar-refractivity contribution in [1.29, 1.82) is 0 Å². The van der Waals surface area contributed by atoms with E-state index in [2.05, 4.69) is 46.2 Å². The highest BCUT2D eigenvalue weighted by Gasteiger charge is 2.53. The number of ether oxygens (including phenoxy) is 2. The van der Waals surface area contributed by atoms with E-state index >= 15 is 0 Å². The third-order valence-electron chi connectivity index (χ3n) is 4.35. The van der Waals surface area contributed by atoms with E-state index in [0.717, 1.165) is 19.2 Å². The molecule has 5 atom stereocenters. The van der Waals surface area contributed by atoms with Gasteiger partial charge in [0.05, 0.1) is 12.7 Å². The molecule has 0 saturated carbocycles. The molecule has 0 amide bonds. The van der Waals surface area contributed by atoms with Gasteiger partial charge in [-0.05, 0) is 45.6 Å². The molecular weight excluding hydrogens is 367 g/mol. The van der Waals surface area contributed by atoms with E-state index in [9.17, 15) is 0 Å². The highest BCUT2D eigenvalue weighted by atomic mass is 28.4. The molecule has 0 bridgehead atoms. The lowest BCUT2D eigenvalue weighted by molar-refractivity contribution is -0.292. The lowest BCUT2D eigenvalue weighted by Crippen LogP contribution is -2.67. The second kappa shape index (κ2) is 9.17. The quantitative estimate of drug-likeness (QED) is 0.577. The molecule has 0 aromatic heterocycles. The molecule has 0 radical (unpaired) electrons. The SMILES string of the molecule is CCCCB1OC[C@H]2O[C@H](OC)[C@H](O[Si](C)(C)C)[C@@H](O[Si](C)(C)C)[C@@H]2O1. The van der Waals surface area contributed by atoms with Gasteiger partial charge in [0.1, 0.15) is 18.3 Å². The standard InChI is InChI=1S/C17H37BO6Si2/c1-9-10-11-18-20-12-13-14(22-18)15(23-25(3,4)5)16(17(19-2)21-13)24-26(6,7)8/h13-17H,9-12H2,1-8H3/t13-,14-,15+,16-,17+/m1/s1. The van der Waals surface area contributed by atoms with Crippen LogP contribution in [0.1, 0.15) is 19.8 Å². The van der Waals surface area contributed by atoms with Crippen molar-refractivity contribution in [3.05, 3.63) is 0 Å². The predicted octanol–water partition coefficient (Wildman–Crippen LogP) is 3.50. The number of hydrogen-bond acceptors (Lipinski definition) is 6. The molecule has 0 spiro atoms. The molecule has 0 aromatic carbocycles. The topological polar surface area (TPSA) is 55.4 Å². The minimum atomic E-state index is -1.83. The second-order valence-electron chi connectivity index (χ2n) is 9.17. The summed E-state index contributed by atoms with van der Waals surface area (Å²) in [4.78, 5) is 0. The van der Waals surface area contributed by atoms with Crippen LogP contribution in [0.5, 0.6) is 0 Å². The maximum Gasteiger partial charge on any atom is 0.457 e. The molecule has 0 aromatic rings. The Morgan fingerprint density at radius 2 is 1.62 bits per heavy atom. The summed E-state index contributed by atoms with van der Waals surface area (Å²) in [6.07, 6.45) is 1.75. The molecule has 0 N–H and O–H groups in total. The molecule has 6 nitrogen and oxygen atoms in total. The van der Waals surface area contributed by atoms with Gasteiger partial charge in [0.15, 0.2) is 22.9 Å². The molecule has 2 aliphatic heterocycles. The fourth-order valence-corrected chi connectivity index (χ4v) is 5.53. The third-order valence-corrected chi connectivity index (χ3v) is 6.31. The highest BCUT2D eigenvalue weighted by molar-refractivity contribution is 6.70. The molecule has 0 unspecified atom stereocenters. The fourth-order valence-electron chi connectivity index (χ4n) is 3.38. The Hall–Kier alpha value is 0.259. The van der Waals surface area contributed by atoms with Gasteiger partial charge in [-0.15, -0.1) is 0 Å². The smallest absolute Gasteiger partial charge is 0.409 e. The molecule has 9 heteroatoms. The average molecular weight is 404 g/mol. The number of methoxy groups -OCH3 is 1. The fraction of sp³-hybridized carbons (Fsp3) is 1.00. The Labute approximate surface area is 161 Å². The van der Waals surface area contributed by atoms with Crippen LogP contribution in [0.2, 0.25) is 45.6 Å². The maximum atomic E-state index is 6.59. The Morgan fingerprint density at radius 1 is 1.00 bits per heavy atom. The van der Waals surface area contributed by atoms with Gasteiger partial charge in [0.25, 0.3) is 0 Å². The lowest BCUT2D eigenvalue weighted by atomic mass is 9.79. The van der Waals surface area contributed by atoms with E-state index < -0.39 is 22.9 Å². The van der Waals surface area contributed by atoms with Crippen LogP contribution >= 0.6 is 0 Å².